The van der Waals surface area contributed by atoms with E-state index in [2.05, 4.69) is 45.5 Å². The Balaban J connectivity index is 1.67. The highest BCUT2D eigenvalue weighted by Gasteiger charge is 2.18. The topological polar surface area (TPSA) is 66.5 Å². The Hall–Kier alpha value is -1.92. The Morgan fingerprint density at radius 3 is 3.09 bits per heavy atom. The number of hydrogen-bond donors (Lipinski definition) is 2. The Morgan fingerprint density at radius 2 is 2.30 bits per heavy atom. The number of piperidine rings is 1. The average molecular weight is 329 g/mol. The molecule has 0 aliphatic carbocycles. The average Bonchev–Trinajstić information content (AvgIpc) is 2.97. The summed E-state index contributed by atoms with van der Waals surface area (Å²) >= 11 is 1.45. The van der Waals surface area contributed by atoms with E-state index >= 15 is 0 Å². The van der Waals surface area contributed by atoms with Crippen molar-refractivity contribution >= 4 is 28.5 Å². The van der Waals surface area contributed by atoms with Crippen LogP contribution in [-0.2, 0) is 6.54 Å². The minimum absolute atomic E-state index is 0.521. The number of hydrogen-bond acceptors (Lipinski definition) is 6. The first-order chi connectivity index (χ1) is 11.2. The predicted octanol–water partition coefficient (Wildman–Crippen LogP) is 3.55. The molecule has 3 N–H and O–H groups in total. The van der Waals surface area contributed by atoms with Gasteiger partial charge in [0.2, 0.25) is 5.13 Å². The minimum atomic E-state index is 0.521. The number of benzene rings is 1. The van der Waals surface area contributed by atoms with Gasteiger partial charge in [0.15, 0.2) is 0 Å². The predicted molar refractivity (Wildman–Crippen MR) is 97.9 cm³/mol. The smallest absolute Gasteiger partial charge is 0.205 e. The molecule has 1 aliphatic rings. The van der Waals surface area contributed by atoms with Crippen molar-refractivity contribution in [1.29, 1.82) is 0 Å². The van der Waals surface area contributed by atoms with Gasteiger partial charge in [0.1, 0.15) is 5.82 Å². The van der Waals surface area contributed by atoms with E-state index in [0.717, 1.165) is 12.1 Å². The zero-order chi connectivity index (χ0) is 16.1. The monoisotopic (exact) mass is 329 g/mol. The van der Waals surface area contributed by atoms with Gasteiger partial charge in [-0.2, -0.15) is 5.10 Å². The number of anilines is 2. The van der Waals surface area contributed by atoms with E-state index in [1.54, 1.807) is 5.38 Å². The second kappa shape index (κ2) is 7.57. The largest absolute Gasteiger partial charge is 0.383 e. The van der Waals surface area contributed by atoms with Crippen LogP contribution >= 0.6 is 11.3 Å². The van der Waals surface area contributed by atoms with Crippen LogP contribution in [0.2, 0.25) is 0 Å². The van der Waals surface area contributed by atoms with Gasteiger partial charge in [-0.3, -0.25) is 10.3 Å². The molecule has 2 heterocycles. The highest BCUT2D eigenvalue weighted by Crippen LogP contribution is 2.20. The summed E-state index contributed by atoms with van der Waals surface area (Å²) in [7, 11) is 0. The molecule has 122 valence electrons. The van der Waals surface area contributed by atoms with Crippen molar-refractivity contribution in [2.24, 2.45) is 5.10 Å². The molecular weight excluding hydrogens is 306 g/mol. The fraction of sp³-hybridized carbons (Fsp3) is 0.412. The molecule has 1 aromatic carbocycles. The second-order valence-corrected chi connectivity index (χ2v) is 6.82. The maximum atomic E-state index is 5.60. The molecule has 0 radical (unpaired) electrons. The number of nitrogen functional groups attached to an aromatic ring is 1. The highest BCUT2D eigenvalue weighted by molar-refractivity contribution is 7.14. The molecule has 1 aromatic heterocycles. The van der Waals surface area contributed by atoms with Crippen LogP contribution in [-0.4, -0.2) is 28.7 Å². The van der Waals surface area contributed by atoms with Gasteiger partial charge in [0.05, 0.1) is 6.21 Å². The first kappa shape index (κ1) is 16.0. The SMILES string of the molecule is CC1CCCCN1Cc1ccccc1C=NNc1nc(N)cs1. The van der Waals surface area contributed by atoms with Crippen LogP contribution in [0.4, 0.5) is 10.9 Å². The van der Waals surface area contributed by atoms with Gasteiger partial charge < -0.3 is 5.73 Å². The van der Waals surface area contributed by atoms with Crippen LogP contribution in [0.1, 0.15) is 37.3 Å². The summed E-state index contributed by atoms with van der Waals surface area (Å²) in [6.07, 6.45) is 5.81. The zero-order valence-corrected chi connectivity index (χ0v) is 14.2. The fourth-order valence-electron chi connectivity index (χ4n) is 2.91. The molecule has 1 unspecified atom stereocenters. The Bertz CT molecular complexity index is 667. The number of rotatable bonds is 5. The number of likely N-dealkylation sites (tertiary alicyclic amines) is 1. The zero-order valence-electron chi connectivity index (χ0n) is 13.4. The summed E-state index contributed by atoms with van der Waals surface area (Å²) in [5.41, 5.74) is 11.0. The number of aromatic nitrogens is 1. The van der Waals surface area contributed by atoms with Gasteiger partial charge in [-0.1, -0.05) is 30.7 Å². The normalized spacial score (nSPS) is 19.3. The van der Waals surface area contributed by atoms with Crippen molar-refractivity contribution in [1.82, 2.24) is 9.88 Å². The van der Waals surface area contributed by atoms with Gasteiger partial charge in [-0.15, -0.1) is 11.3 Å². The van der Waals surface area contributed by atoms with E-state index in [0.29, 0.717) is 17.0 Å². The van der Waals surface area contributed by atoms with Gasteiger partial charge in [0, 0.05) is 18.0 Å². The Kier molecular flexibility index (Phi) is 5.25. The molecule has 0 bridgehead atoms. The number of nitrogens with two attached hydrogens (primary N) is 1. The van der Waals surface area contributed by atoms with E-state index in [4.69, 9.17) is 5.73 Å². The standard InChI is InChI=1S/C17H23N5S/c1-13-6-4-5-9-22(13)11-15-8-3-2-7-14(15)10-19-21-17-20-16(18)12-23-17/h2-3,7-8,10,12-13H,4-6,9,11,18H2,1H3,(H,20,21). The molecule has 1 atom stereocenters. The maximum absolute atomic E-state index is 5.60. The summed E-state index contributed by atoms with van der Waals surface area (Å²) in [4.78, 5) is 6.69. The summed E-state index contributed by atoms with van der Waals surface area (Å²) in [5, 5.41) is 6.80. The van der Waals surface area contributed by atoms with Crippen LogP contribution < -0.4 is 11.2 Å². The summed E-state index contributed by atoms with van der Waals surface area (Å²) in [5.74, 6) is 0.521. The summed E-state index contributed by atoms with van der Waals surface area (Å²) in [6.45, 7) is 4.49. The molecule has 1 fully saturated rings. The molecule has 1 aliphatic heterocycles. The van der Waals surface area contributed by atoms with Gasteiger partial charge >= 0.3 is 0 Å². The molecule has 0 saturated carbocycles. The Labute approximate surface area is 141 Å². The molecule has 3 rings (SSSR count). The first-order valence-electron chi connectivity index (χ1n) is 8.04. The number of thiazole rings is 1. The van der Waals surface area contributed by atoms with Crippen molar-refractivity contribution < 1.29 is 0 Å². The molecule has 5 nitrogen and oxygen atoms in total. The first-order valence-corrected chi connectivity index (χ1v) is 8.92. The number of nitrogens with zero attached hydrogens (tertiary/aromatic N) is 3. The van der Waals surface area contributed by atoms with E-state index in [-0.39, 0.29) is 0 Å². The molecule has 0 amide bonds. The summed E-state index contributed by atoms with van der Waals surface area (Å²) in [6, 6.07) is 9.09. The van der Waals surface area contributed by atoms with Crippen molar-refractivity contribution in [3.63, 3.8) is 0 Å². The summed E-state index contributed by atoms with van der Waals surface area (Å²) < 4.78 is 0. The molecule has 0 spiro atoms. The van der Waals surface area contributed by atoms with Crippen molar-refractivity contribution in [3.05, 3.63) is 40.8 Å². The molecule has 23 heavy (non-hydrogen) atoms. The minimum Gasteiger partial charge on any atom is -0.383 e. The maximum Gasteiger partial charge on any atom is 0.205 e. The van der Waals surface area contributed by atoms with Gasteiger partial charge in [0.25, 0.3) is 0 Å². The quantitative estimate of drug-likeness (QED) is 0.650. The van der Waals surface area contributed by atoms with E-state index in [9.17, 15) is 0 Å². The molecular formula is C17H23N5S. The number of hydrazone groups is 1. The van der Waals surface area contributed by atoms with Crippen LogP contribution in [0.15, 0.2) is 34.7 Å². The van der Waals surface area contributed by atoms with Crippen LogP contribution in [0.25, 0.3) is 0 Å². The van der Waals surface area contributed by atoms with Crippen LogP contribution in [0.3, 0.4) is 0 Å². The lowest BCUT2D eigenvalue weighted by Crippen LogP contribution is -2.36. The van der Waals surface area contributed by atoms with Crippen LogP contribution in [0, 0.1) is 0 Å². The third-order valence-corrected chi connectivity index (χ3v) is 5.02. The fourth-order valence-corrected chi connectivity index (χ4v) is 3.46. The Morgan fingerprint density at radius 1 is 1.43 bits per heavy atom. The van der Waals surface area contributed by atoms with Crippen LogP contribution in [0.5, 0.6) is 0 Å². The van der Waals surface area contributed by atoms with Gasteiger partial charge in [-0.25, -0.2) is 4.98 Å². The van der Waals surface area contributed by atoms with Crippen molar-refractivity contribution in [2.75, 3.05) is 17.7 Å². The van der Waals surface area contributed by atoms with Crippen molar-refractivity contribution in [2.45, 2.75) is 38.8 Å². The van der Waals surface area contributed by atoms with E-state index < -0.39 is 0 Å². The lowest BCUT2D eigenvalue weighted by Gasteiger charge is -2.33. The third-order valence-electron chi connectivity index (χ3n) is 4.25. The molecule has 1 saturated heterocycles. The van der Waals surface area contributed by atoms with Crippen molar-refractivity contribution in [3.8, 4) is 0 Å². The highest BCUT2D eigenvalue weighted by atomic mass is 32.1. The van der Waals surface area contributed by atoms with Gasteiger partial charge in [-0.05, 0) is 37.4 Å². The molecule has 2 aromatic rings. The lowest BCUT2D eigenvalue weighted by atomic mass is 10.0. The van der Waals surface area contributed by atoms with E-state index in [1.165, 1.54) is 42.7 Å². The second-order valence-electron chi connectivity index (χ2n) is 5.96. The number of nitrogens with one attached hydrogen (secondary N) is 1. The lowest BCUT2D eigenvalue weighted by molar-refractivity contribution is 0.152. The molecule has 6 heteroatoms. The third kappa shape index (κ3) is 4.30. The van der Waals surface area contributed by atoms with E-state index in [1.807, 2.05) is 12.3 Å².